The highest BCUT2D eigenvalue weighted by Gasteiger charge is 2.43. The Morgan fingerprint density at radius 1 is 0.420 bits per heavy atom. The molecule has 0 fully saturated rings. The SMILES string of the molecule is CCN(CC)CC.CCN(CCNC)C(=O)Oc1cc2c(c3c(C(=O)OC)c(C)[nH]c13)[C@H](CCl)CN2C(=O)c1cc2cc([N+](=O)[O-])ccc2[nH]1.CCNCCNC.COC(=O)c1c(C)[nH]c2c(O)cc3c(c12)[C@H](CCl)CN3C(=O)c1cc2cc([N+](=O)[O-])ccc2[nH]1.COC(=O)c1c(C)[nH]c2c(OC(=O)Oc3ccc([N+](=O)[O-])cc3)cc3c(c12)[C@H](CCl)CN3C(=O)c1cc2cc([N+](=O)[O-])ccc2[nH]1.O=C(Cl)Oc1ccc([N+](=O)[O-])cc1. The molecule has 17 rings (SSSR count). The van der Waals surface area contributed by atoms with Gasteiger partial charge in [0.2, 0.25) is 0 Å². The van der Waals surface area contributed by atoms with Gasteiger partial charge in [-0.1, -0.05) is 27.7 Å². The average molecular weight is 2150 g/mol. The lowest BCUT2D eigenvalue weighted by molar-refractivity contribution is -0.385. The summed E-state index contributed by atoms with van der Waals surface area (Å²) in [7, 11) is 7.52. The summed E-state index contributed by atoms with van der Waals surface area (Å²) in [6.07, 6.45) is -1.78. The number of halogens is 4. The summed E-state index contributed by atoms with van der Waals surface area (Å²) in [5, 5.41) is 77.5. The number of nitrogens with zero attached hydrogens (tertiary/aromatic N) is 10. The summed E-state index contributed by atoms with van der Waals surface area (Å²) in [5.74, 6) is -3.77. The number of phenols is 1. The lowest BCUT2D eigenvalue weighted by atomic mass is 9.95. The van der Waals surface area contributed by atoms with Crippen molar-refractivity contribution in [1.82, 2.24) is 55.7 Å². The van der Waals surface area contributed by atoms with Gasteiger partial charge in [-0.15, -0.1) is 34.8 Å². The minimum absolute atomic E-state index is 0.0241. The number of nitro benzene ring substituents is 5. The van der Waals surface area contributed by atoms with Crippen LogP contribution in [0, 0.1) is 71.3 Å². The molecule has 0 saturated carbocycles. The molecule has 0 bridgehead atoms. The number of carbonyl (C=O) groups excluding carboxylic acids is 9. The number of hydrogen-bond acceptors (Lipinski definition) is 31. The molecule has 0 saturated heterocycles. The second-order valence-corrected chi connectivity index (χ2v) is 35.1. The van der Waals surface area contributed by atoms with E-state index >= 15 is 0 Å². The first-order chi connectivity index (χ1) is 71.7. The normalized spacial score (nSPS) is 13.5. The average Bonchev–Trinajstić information content (AvgIpc) is 1.57. The van der Waals surface area contributed by atoms with Gasteiger partial charge in [-0.3, -0.25) is 65.0 Å². The van der Waals surface area contributed by atoms with Crippen LogP contribution in [0.5, 0.6) is 28.7 Å². The van der Waals surface area contributed by atoms with E-state index in [0.717, 1.165) is 31.8 Å². The monoisotopic (exact) mass is 2140 g/mol. The van der Waals surface area contributed by atoms with Crippen molar-refractivity contribution in [2.24, 2.45) is 0 Å². The number of amides is 4. The molecule has 3 aliphatic heterocycles. The van der Waals surface area contributed by atoms with Crippen molar-refractivity contribution in [2.75, 3.05) is 146 Å². The number of aryl methyl sites for hydroxylation is 3. The standard InChI is InChI=1S/C30H22ClN5O10.C29H31ClN6O7.C23H19ClN4O6.C7H4ClNO4.C6H15N.C5H14N2/c1-14-24(29(38)44-2)26-25-16(12-31)13-34(28(37)21-10-15-9-18(36(42)43)5-8-20(15)33-21)22(25)11-23(27(26)32-14)46-30(39)45-19-6-3-17(4-7-19)35(40)41;1-5-34(9-8-31-3)29(39)43-22-12-21-24(25-23(28(38)42-4)15(2)32-26(22)25)17(13-30)14-35(21)27(37)20-11-16-10-18(36(40)41)6-7-19(16)33-20;1-10-18(23(31)34-2)20-19-12(8-24)9-27(16(19)7-17(29)21(20)25-10)22(30)15-6-11-5-13(28(32)33)3-4-14(11)26-15;8-7(10)13-6-3-1-5(2-4-6)9(11)12;1-4-7(5-2)6-3;1-3-7-5-4-6-2/h3-11,16,32-33H,12-13H2,1-2H3;6-7,10-12,17,31-33H,5,8-9,13-14H2,1-4H3;3-7,12,25-26,29H,8-9H2,1-2H3;1-4H;4-6H2,1-3H3;6-7H,3-5H2,1-2H3/t16-;17-;12-;;;/m111.../s1. The van der Waals surface area contributed by atoms with E-state index in [9.17, 15) is 98.8 Å². The van der Waals surface area contributed by atoms with E-state index in [1.165, 1.54) is 158 Å². The second-order valence-electron chi connectivity index (χ2n) is 33.9. The van der Waals surface area contributed by atoms with Crippen LogP contribution in [0.25, 0.3) is 65.4 Å². The van der Waals surface area contributed by atoms with Gasteiger partial charge in [-0.2, -0.15) is 0 Å². The number of anilines is 3. The molecule has 9 heterocycles. The number of nitrogens with one attached hydrogen (secondary N) is 9. The quantitative estimate of drug-likeness (QED) is 0.00304. The largest absolute Gasteiger partial charge is 0.519 e. The predicted molar refractivity (Wildman–Crippen MR) is 563 cm³/mol. The molecule has 0 spiro atoms. The zero-order valence-electron chi connectivity index (χ0n) is 83.2. The molecule has 0 radical (unpaired) electrons. The number of non-ortho nitro benzene ring substituents is 5. The predicted octanol–water partition coefficient (Wildman–Crippen LogP) is 18.6. The Hall–Kier alpha value is -16.4. The first-order valence-corrected chi connectivity index (χ1v) is 48.6. The van der Waals surface area contributed by atoms with Crippen LogP contribution in [0.1, 0.15) is 149 Å². The molecular formula is C100H105Cl4N19O27. The number of likely N-dealkylation sites (N-methyl/N-ethyl adjacent to an activating group) is 4. The number of benzene rings is 8. The number of ether oxygens (including phenoxy) is 7. The number of H-pyrrole nitrogens is 6. The number of methoxy groups -OCH3 is 3. The van der Waals surface area contributed by atoms with E-state index < -0.39 is 83.8 Å². The Morgan fingerprint density at radius 2 is 0.753 bits per heavy atom. The molecule has 10 N–H and O–H groups in total. The molecule has 4 amide bonds. The highest BCUT2D eigenvalue weighted by molar-refractivity contribution is 6.61. The summed E-state index contributed by atoms with van der Waals surface area (Å²) in [6.45, 7) is 24.2. The van der Waals surface area contributed by atoms with E-state index in [2.05, 4.69) is 83.2 Å². The van der Waals surface area contributed by atoms with Crippen LogP contribution in [0.15, 0.2) is 140 Å². The third-order valence-corrected chi connectivity index (χ3v) is 26.2. The Kier molecular flexibility index (Phi) is 37.4. The minimum Gasteiger partial charge on any atom is -0.506 e. The molecule has 0 unspecified atom stereocenters. The minimum atomic E-state index is -1.19. The highest BCUT2D eigenvalue weighted by Crippen LogP contribution is 2.52. The Balaban J connectivity index is 0.000000178. The van der Waals surface area contributed by atoms with Crippen LogP contribution in [-0.4, -0.2) is 254 Å². The zero-order valence-corrected chi connectivity index (χ0v) is 86.2. The van der Waals surface area contributed by atoms with Crippen LogP contribution in [-0.2, 0) is 14.2 Å². The van der Waals surface area contributed by atoms with Crippen molar-refractivity contribution in [2.45, 2.75) is 73.1 Å². The van der Waals surface area contributed by atoms with Gasteiger partial charge in [0.1, 0.15) is 34.3 Å². The van der Waals surface area contributed by atoms with Crippen LogP contribution < -0.4 is 49.6 Å². The van der Waals surface area contributed by atoms with Gasteiger partial charge >= 0.3 is 35.6 Å². The topological polar surface area (TPSA) is 601 Å². The van der Waals surface area contributed by atoms with E-state index in [-0.39, 0.29) is 146 Å². The van der Waals surface area contributed by atoms with Crippen molar-refractivity contribution in [1.29, 1.82) is 0 Å². The number of nitro groups is 5. The van der Waals surface area contributed by atoms with Gasteiger partial charge in [0.05, 0.1) is 96.2 Å². The van der Waals surface area contributed by atoms with Crippen molar-refractivity contribution >= 4 is 211 Å². The molecule has 150 heavy (non-hydrogen) atoms. The smallest absolute Gasteiger partial charge is 0.506 e. The van der Waals surface area contributed by atoms with Gasteiger partial charge in [0, 0.05) is 244 Å². The van der Waals surface area contributed by atoms with Crippen LogP contribution in [0.2, 0.25) is 0 Å². The molecule has 3 atom stereocenters. The molecule has 8 aromatic carbocycles. The molecular weight excluding hydrogens is 2040 g/mol. The number of aromatic nitrogens is 6. The van der Waals surface area contributed by atoms with Crippen molar-refractivity contribution in [3.8, 4) is 28.7 Å². The van der Waals surface area contributed by atoms with Crippen molar-refractivity contribution < 1.29 is 106 Å². The Bertz CT molecular complexity index is 7530. The first-order valence-electron chi connectivity index (χ1n) is 46.6. The summed E-state index contributed by atoms with van der Waals surface area (Å²) in [6, 6.07) is 31.7. The molecule has 0 aliphatic carbocycles. The highest BCUT2D eigenvalue weighted by atomic mass is 35.5. The zero-order chi connectivity index (χ0) is 109. The van der Waals surface area contributed by atoms with Crippen LogP contribution in [0.3, 0.4) is 0 Å². The van der Waals surface area contributed by atoms with Crippen molar-refractivity contribution in [3.05, 3.63) is 258 Å². The lowest BCUT2D eigenvalue weighted by Gasteiger charge is -2.21. The Morgan fingerprint density at radius 3 is 1.07 bits per heavy atom. The number of rotatable bonds is 29. The maximum absolute atomic E-state index is 14.0. The summed E-state index contributed by atoms with van der Waals surface area (Å²) in [5.41, 5.74) is 6.86. The molecule has 50 heteroatoms. The maximum Gasteiger partial charge on any atom is 0.519 e. The van der Waals surface area contributed by atoms with Crippen molar-refractivity contribution in [3.63, 3.8) is 0 Å². The number of carbonyl (C=O) groups is 9. The fourth-order valence-electron chi connectivity index (χ4n) is 17.7. The summed E-state index contributed by atoms with van der Waals surface area (Å²) >= 11 is 24.0. The molecule has 6 aromatic heterocycles. The maximum atomic E-state index is 14.0. The van der Waals surface area contributed by atoms with Gasteiger partial charge in [0.15, 0.2) is 11.5 Å². The van der Waals surface area contributed by atoms with E-state index in [1.54, 1.807) is 58.2 Å². The lowest BCUT2D eigenvalue weighted by Crippen LogP contribution is -2.38. The number of esters is 3. The van der Waals surface area contributed by atoms with E-state index in [1.807, 2.05) is 14.0 Å². The number of fused-ring (bicyclic) bond motifs is 12. The Labute approximate surface area is 873 Å². The van der Waals surface area contributed by atoms with Gasteiger partial charge in [-0.25, -0.2) is 28.8 Å². The van der Waals surface area contributed by atoms with Crippen LogP contribution >= 0.6 is 46.4 Å². The number of hydrogen-bond donors (Lipinski definition) is 10. The third kappa shape index (κ3) is 24.5. The summed E-state index contributed by atoms with van der Waals surface area (Å²) in [4.78, 5) is 195. The molecule has 790 valence electrons. The van der Waals surface area contributed by atoms with Gasteiger partial charge in [-0.05, 0) is 145 Å². The first kappa shape index (κ1) is 112. The summed E-state index contributed by atoms with van der Waals surface area (Å²) < 4.78 is 36.2. The number of aromatic amines is 6. The number of phenolic OH excluding ortho intramolecular Hbond substituents is 1. The molecule has 3 aliphatic rings. The van der Waals surface area contributed by atoms with E-state index in [0.29, 0.717) is 130 Å². The second kappa shape index (κ2) is 49.9. The fraction of sp³-hybridized carbons (Fsp3) is 0.310. The van der Waals surface area contributed by atoms with E-state index in [4.69, 9.17) is 74.8 Å². The molecule has 14 aromatic rings. The molecule has 46 nitrogen and oxygen atoms in total. The van der Waals surface area contributed by atoms with Gasteiger partial charge < -0.3 is 109 Å². The number of alkyl halides is 3. The van der Waals surface area contributed by atoms with Gasteiger partial charge in [0.25, 0.3) is 46.2 Å². The number of aromatic hydroxyl groups is 1. The fourth-order valence-corrected chi connectivity index (χ4v) is 18.5. The third-order valence-electron chi connectivity index (χ3n) is 25.0. The van der Waals surface area contributed by atoms with Crippen LogP contribution in [0.4, 0.5) is 59.9 Å².